The highest BCUT2D eigenvalue weighted by Crippen LogP contribution is 2.39. The Kier molecular flexibility index (Phi) is 4.81. The molecular weight excluding hydrogens is 414 g/mol. The normalized spacial score (nSPS) is 14.9. The van der Waals surface area contributed by atoms with Crippen molar-refractivity contribution in [2.24, 2.45) is 4.99 Å². The Morgan fingerprint density at radius 1 is 1.21 bits per heavy atom. The molecule has 2 heterocycles. The number of rotatable bonds is 4. The number of nitrogens with zero attached hydrogens (tertiary/aromatic N) is 3. The second-order valence-electron chi connectivity index (χ2n) is 6.50. The third-order valence-corrected chi connectivity index (χ3v) is 6.00. The third-order valence-electron chi connectivity index (χ3n) is 4.35. The maximum absolute atomic E-state index is 12.3. The van der Waals surface area contributed by atoms with E-state index in [4.69, 9.17) is 16.3 Å². The molecule has 0 saturated carbocycles. The number of benzene rings is 2. The number of halogens is 1. The Morgan fingerprint density at radius 3 is 2.59 bits per heavy atom. The van der Waals surface area contributed by atoms with E-state index in [9.17, 15) is 14.9 Å². The van der Waals surface area contributed by atoms with Crippen LogP contribution in [-0.2, 0) is 9.53 Å². The molecule has 1 aromatic heterocycles. The summed E-state index contributed by atoms with van der Waals surface area (Å²) in [4.78, 5) is 29.5. The molecule has 2 aromatic carbocycles. The molecule has 0 radical (unpaired) electrons. The maximum Gasteiger partial charge on any atom is 0.363 e. The van der Waals surface area contributed by atoms with Gasteiger partial charge in [0.15, 0.2) is 5.70 Å². The van der Waals surface area contributed by atoms with Crippen molar-refractivity contribution < 1.29 is 14.5 Å². The number of hydrogen-bond acceptors (Lipinski definition) is 7. The lowest BCUT2D eigenvalue weighted by molar-refractivity contribution is -0.384. The summed E-state index contributed by atoms with van der Waals surface area (Å²) in [5, 5.41) is 12.0. The number of cyclic esters (lactones) is 1. The standard InChI is InChI=1S/C20H14ClN3O4S/c1-23(2)12-5-3-11(4-6-12)9-15-20(25)28-19(22-15)18-17(21)14-8-7-13(24(26)27)10-16(14)29-18/h3-10H,1-2H3/b15-9+. The van der Waals surface area contributed by atoms with Gasteiger partial charge in [0.1, 0.15) is 4.88 Å². The van der Waals surface area contributed by atoms with Crippen LogP contribution in [0.15, 0.2) is 53.2 Å². The monoisotopic (exact) mass is 427 g/mol. The highest BCUT2D eigenvalue weighted by Gasteiger charge is 2.28. The minimum atomic E-state index is -0.573. The summed E-state index contributed by atoms with van der Waals surface area (Å²) in [6, 6.07) is 12.0. The Balaban J connectivity index is 1.70. The number of nitro benzene ring substituents is 1. The van der Waals surface area contributed by atoms with E-state index >= 15 is 0 Å². The average molecular weight is 428 g/mol. The summed E-state index contributed by atoms with van der Waals surface area (Å²) in [5.74, 6) is -0.476. The van der Waals surface area contributed by atoms with Crippen LogP contribution in [0.25, 0.3) is 16.2 Å². The van der Waals surface area contributed by atoms with Gasteiger partial charge < -0.3 is 9.64 Å². The molecule has 1 aliphatic rings. The van der Waals surface area contributed by atoms with Crippen molar-refractivity contribution in [3.05, 3.63) is 73.7 Å². The predicted molar refractivity (Wildman–Crippen MR) is 115 cm³/mol. The zero-order valence-corrected chi connectivity index (χ0v) is 17.0. The molecule has 4 rings (SSSR count). The number of esters is 1. The van der Waals surface area contributed by atoms with Crippen LogP contribution >= 0.6 is 22.9 Å². The Labute approximate surface area is 174 Å². The molecule has 29 heavy (non-hydrogen) atoms. The first-order valence-corrected chi connectivity index (χ1v) is 9.69. The maximum atomic E-state index is 12.3. The van der Waals surface area contributed by atoms with E-state index in [0.29, 0.717) is 20.0 Å². The van der Waals surface area contributed by atoms with Crippen LogP contribution in [0, 0.1) is 10.1 Å². The highest BCUT2D eigenvalue weighted by molar-refractivity contribution is 7.21. The number of hydrogen-bond donors (Lipinski definition) is 0. The fourth-order valence-electron chi connectivity index (χ4n) is 2.84. The second kappa shape index (κ2) is 7.31. The summed E-state index contributed by atoms with van der Waals surface area (Å²) in [6.45, 7) is 0. The summed E-state index contributed by atoms with van der Waals surface area (Å²) in [6.07, 6.45) is 1.64. The first-order chi connectivity index (χ1) is 13.8. The number of aliphatic imine (C=N–C) groups is 1. The van der Waals surface area contributed by atoms with Crippen molar-refractivity contribution in [3.8, 4) is 0 Å². The number of ether oxygens (including phenoxy) is 1. The lowest BCUT2D eigenvalue weighted by Gasteiger charge is -2.11. The molecule has 0 amide bonds. The molecule has 7 nitrogen and oxygen atoms in total. The lowest BCUT2D eigenvalue weighted by atomic mass is 10.1. The Bertz CT molecular complexity index is 1210. The number of anilines is 1. The van der Waals surface area contributed by atoms with Gasteiger partial charge in [-0.15, -0.1) is 11.3 Å². The van der Waals surface area contributed by atoms with Gasteiger partial charge >= 0.3 is 5.97 Å². The third kappa shape index (κ3) is 3.59. The molecule has 0 fully saturated rings. The van der Waals surface area contributed by atoms with Crippen molar-refractivity contribution in [2.75, 3.05) is 19.0 Å². The molecule has 146 valence electrons. The second-order valence-corrected chi connectivity index (χ2v) is 7.93. The molecule has 1 aliphatic heterocycles. The summed E-state index contributed by atoms with van der Waals surface area (Å²) in [7, 11) is 3.89. The van der Waals surface area contributed by atoms with Gasteiger partial charge in [-0.05, 0) is 29.8 Å². The molecule has 0 N–H and O–H groups in total. The molecule has 9 heteroatoms. The predicted octanol–water partition coefficient (Wildman–Crippen LogP) is 4.87. The van der Waals surface area contributed by atoms with Crippen LogP contribution in [0.3, 0.4) is 0 Å². The molecule has 0 saturated heterocycles. The molecule has 0 unspecified atom stereocenters. The van der Waals surface area contributed by atoms with Crippen LogP contribution < -0.4 is 4.90 Å². The van der Waals surface area contributed by atoms with Gasteiger partial charge in [-0.2, -0.15) is 0 Å². The van der Waals surface area contributed by atoms with Crippen molar-refractivity contribution in [1.82, 2.24) is 0 Å². The molecule has 0 bridgehead atoms. The van der Waals surface area contributed by atoms with E-state index in [1.807, 2.05) is 43.3 Å². The molecule has 0 aliphatic carbocycles. The van der Waals surface area contributed by atoms with E-state index in [1.165, 1.54) is 23.5 Å². The molecular formula is C20H14ClN3O4S. The van der Waals surface area contributed by atoms with E-state index in [-0.39, 0.29) is 17.3 Å². The van der Waals surface area contributed by atoms with E-state index in [2.05, 4.69) is 4.99 Å². The summed E-state index contributed by atoms with van der Waals surface area (Å²) in [5.41, 5.74) is 1.98. The smallest absolute Gasteiger partial charge is 0.363 e. The van der Waals surface area contributed by atoms with Gasteiger partial charge in [0, 0.05) is 42.0 Å². The number of nitro groups is 1. The van der Waals surface area contributed by atoms with Crippen LogP contribution in [0.2, 0.25) is 5.02 Å². The van der Waals surface area contributed by atoms with E-state index in [1.54, 1.807) is 12.1 Å². The van der Waals surface area contributed by atoms with Gasteiger partial charge in [-0.1, -0.05) is 23.7 Å². The van der Waals surface area contributed by atoms with Crippen LogP contribution in [0.1, 0.15) is 10.4 Å². The van der Waals surface area contributed by atoms with Gasteiger partial charge in [0.05, 0.1) is 9.95 Å². The number of thiophene rings is 1. The van der Waals surface area contributed by atoms with E-state index < -0.39 is 10.9 Å². The zero-order valence-electron chi connectivity index (χ0n) is 15.4. The Hall–Kier alpha value is -3.23. The number of fused-ring (bicyclic) bond motifs is 1. The number of non-ortho nitro benzene ring substituents is 1. The van der Waals surface area contributed by atoms with Crippen molar-refractivity contribution in [3.63, 3.8) is 0 Å². The van der Waals surface area contributed by atoms with Crippen LogP contribution in [-0.4, -0.2) is 30.9 Å². The SMILES string of the molecule is CN(C)c1ccc(/C=C2/N=C(c3sc4cc([N+](=O)[O-])ccc4c3Cl)OC2=O)cc1. The first-order valence-electron chi connectivity index (χ1n) is 8.50. The van der Waals surface area contributed by atoms with Crippen molar-refractivity contribution >= 4 is 62.3 Å². The van der Waals surface area contributed by atoms with Crippen molar-refractivity contribution in [2.45, 2.75) is 0 Å². The number of carbonyl (C=O) groups excluding carboxylic acids is 1. The molecule has 0 spiro atoms. The van der Waals surface area contributed by atoms with E-state index in [0.717, 1.165) is 11.3 Å². The quantitative estimate of drug-likeness (QED) is 0.256. The van der Waals surface area contributed by atoms with Crippen molar-refractivity contribution in [1.29, 1.82) is 0 Å². The Morgan fingerprint density at radius 2 is 1.93 bits per heavy atom. The summed E-state index contributed by atoms with van der Waals surface area (Å²) >= 11 is 7.61. The first kappa shape index (κ1) is 19.1. The van der Waals surface area contributed by atoms with Crippen LogP contribution in [0.4, 0.5) is 11.4 Å². The fraction of sp³-hybridized carbons (Fsp3) is 0.100. The largest absolute Gasteiger partial charge is 0.401 e. The zero-order chi connectivity index (χ0) is 20.7. The topological polar surface area (TPSA) is 85.0 Å². The molecule has 0 atom stereocenters. The fourth-order valence-corrected chi connectivity index (χ4v) is 4.31. The minimum absolute atomic E-state index is 0.0333. The number of carbonyl (C=O) groups is 1. The average Bonchev–Trinajstić information content (AvgIpc) is 3.21. The minimum Gasteiger partial charge on any atom is -0.401 e. The van der Waals surface area contributed by atoms with Gasteiger partial charge in [-0.3, -0.25) is 10.1 Å². The van der Waals surface area contributed by atoms with Gasteiger partial charge in [0.25, 0.3) is 5.69 Å². The summed E-state index contributed by atoms with van der Waals surface area (Å²) < 4.78 is 5.93. The van der Waals surface area contributed by atoms with Gasteiger partial charge in [-0.25, -0.2) is 9.79 Å². The molecule has 3 aromatic rings. The van der Waals surface area contributed by atoms with Gasteiger partial charge in [0.2, 0.25) is 5.90 Å². The lowest BCUT2D eigenvalue weighted by Crippen LogP contribution is -2.08. The van der Waals surface area contributed by atoms with Crippen LogP contribution in [0.5, 0.6) is 0 Å². The highest BCUT2D eigenvalue weighted by atomic mass is 35.5.